The van der Waals surface area contributed by atoms with Gasteiger partial charge in [-0.1, -0.05) is 29.8 Å². The second-order valence-corrected chi connectivity index (χ2v) is 5.15. The first-order chi connectivity index (χ1) is 9.54. The van der Waals surface area contributed by atoms with Gasteiger partial charge < -0.3 is 15.5 Å². The molecule has 3 rings (SSSR count). The second kappa shape index (κ2) is 5.92. The van der Waals surface area contributed by atoms with Crippen molar-refractivity contribution in [1.29, 1.82) is 0 Å². The van der Waals surface area contributed by atoms with Gasteiger partial charge >= 0.3 is 0 Å². The second-order valence-electron chi connectivity index (χ2n) is 5.15. The number of aryl methyl sites for hydroxylation is 1. The lowest BCUT2D eigenvalue weighted by Crippen LogP contribution is -2.28. The van der Waals surface area contributed by atoms with Crippen LogP contribution in [-0.4, -0.2) is 23.7 Å². The van der Waals surface area contributed by atoms with E-state index in [1.165, 1.54) is 11.1 Å². The van der Waals surface area contributed by atoms with Crippen LogP contribution < -0.4 is 21.1 Å². The maximum Gasteiger partial charge on any atom is 0.278 e. The standard InChI is InChI=1S/C14H17N5O.HI/c1-9-3-5-10(6-4-9)7-19-8-18(2)11-12(19)16-14(15)17-13(11)20;/h3-6H,7-8H2,1-2H3,(H3,15,16,17,20);1H. The molecule has 1 aliphatic rings. The maximum absolute atomic E-state index is 11.9. The highest BCUT2D eigenvalue weighted by atomic mass is 127. The predicted octanol–water partition coefficient (Wildman–Crippen LogP) is 1.69. The van der Waals surface area contributed by atoms with Crippen molar-refractivity contribution in [2.75, 3.05) is 29.2 Å². The van der Waals surface area contributed by atoms with Gasteiger partial charge in [0.15, 0.2) is 5.82 Å². The van der Waals surface area contributed by atoms with E-state index in [0.29, 0.717) is 24.7 Å². The van der Waals surface area contributed by atoms with Gasteiger partial charge in [0.25, 0.3) is 5.56 Å². The van der Waals surface area contributed by atoms with E-state index >= 15 is 0 Å². The molecular weight excluding hydrogens is 381 g/mol. The van der Waals surface area contributed by atoms with Crippen molar-refractivity contribution in [1.82, 2.24) is 9.97 Å². The summed E-state index contributed by atoms with van der Waals surface area (Å²) >= 11 is 0. The zero-order valence-corrected chi connectivity index (χ0v) is 14.3. The van der Waals surface area contributed by atoms with Gasteiger partial charge in [-0.25, -0.2) is 0 Å². The van der Waals surface area contributed by atoms with E-state index in [0.717, 1.165) is 0 Å². The van der Waals surface area contributed by atoms with Crippen LogP contribution in [0.1, 0.15) is 11.1 Å². The highest BCUT2D eigenvalue weighted by molar-refractivity contribution is 14.0. The third kappa shape index (κ3) is 2.97. The van der Waals surface area contributed by atoms with Crippen LogP contribution in [0.5, 0.6) is 0 Å². The van der Waals surface area contributed by atoms with Crippen LogP contribution in [0.4, 0.5) is 17.5 Å². The number of rotatable bonds is 2. The first-order valence-corrected chi connectivity index (χ1v) is 6.46. The molecule has 3 N–H and O–H groups in total. The van der Waals surface area contributed by atoms with Crippen molar-refractivity contribution >= 4 is 41.4 Å². The molecule has 21 heavy (non-hydrogen) atoms. The topological polar surface area (TPSA) is 78.2 Å². The summed E-state index contributed by atoms with van der Waals surface area (Å²) in [6.07, 6.45) is 0. The van der Waals surface area contributed by atoms with E-state index in [9.17, 15) is 4.79 Å². The molecule has 2 aromatic rings. The summed E-state index contributed by atoms with van der Waals surface area (Å²) in [7, 11) is 1.88. The highest BCUT2D eigenvalue weighted by Crippen LogP contribution is 2.30. The normalized spacial score (nSPS) is 13.0. The molecule has 0 atom stereocenters. The smallest absolute Gasteiger partial charge is 0.278 e. The van der Waals surface area contributed by atoms with Crippen molar-refractivity contribution in [2.45, 2.75) is 13.5 Å². The Morgan fingerprint density at radius 1 is 1.33 bits per heavy atom. The van der Waals surface area contributed by atoms with E-state index in [2.05, 4.69) is 41.2 Å². The molecule has 0 radical (unpaired) electrons. The zero-order chi connectivity index (χ0) is 14.3. The number of aromatic amines is 1. The molecule has 0 aliphatic carbocycles. The Morgan fingerprint density at radius 2 is 2.00 bits per heavy atom. The minimum Gasteiger partial charge on any atom is -0.369 e. The Labute approximate surface area is 140 Å². The average molecular weight is 399 g/mol. The Morgan fingerprint density at radius 3 is 2.67 bits per heavy atom. The fourth-order valence-corrected chi connectivity index (χ4v) is 2.47. The van der Waals surface area contributed by atoms with Crippen LogP contribution in [0.3, 0.4) is 0 Å². The Hall–Kier alpha value is -1.77. The summed E-state index contributed by atoms with van der Waals surface area (Å²) in [4.78, 5) is 22.7. The molecule has 2 heterocycles. The summed E-state index contributed by atoms with van der Waals surface area (Å²) in [5.41, 5.74) is 8.43. The summed E-state index contributed by atoms with van der Waals surface area (Å²) in [5, 5.41) is 0. The quantitative estimate of drug-likeness (QED) is 0.752. The van der Waals surface area contributed by atoms with Gasteiger partial charge in [0.2, 0.25) is 5.95 Å². The number of halogens is 1. The van der Waals surface area contributed by atoms with Crippen LogP contribution in [0.2, 0.25) is 0 Å². The average Bonchev–Trinajstić information content (AvgIpc) is 2.69. The third-order valence-corrected chi connectivity index (χ3v) is 3.45. The molecule has 0 saturated heterocycles. The molecule has 0 amide bonds. The lowest BCUT2D eigenvalue weighted by atomic mass is 10.1. The summed E-state index contributed by atoms with van der Waals surface area (Å²) < 4.78 is 0. The van der Waals surface area contributed by atoms with Gasteiger partial charge in [-0.15, -0.1) is 24.0 Å². The maximum atomic E-state index is 11.9. The minimum absolute atomic E-state index is 0. The van der Waals surface area contributed by atoms with Crippen LogP contribution in [-0.2, 0) is 6.54 Å². The predicted molar refractivity (Wildman–Crippen MR) is 95.3 cm³/mol. The number of benzene rings is 1. The van der Waals surface area contributed by atoms with Crippen molar-refractivity contribution in [3.05, 3.63) is 45.7 Å². The molecule has 7 heteroatoms. The SMILES string of the molecule is Cc1ccc(CN2CN(C)c3c2nc(N)[nH]c3=O)cc1.I. The van der Waals surface area contributed by atoms with Crippen LogP contribution in [0.25, 0.3) is 0 Å². The molecule has 0 spiro atoms. The molecule has 0 saturated carbocycles. The fourth-order valence-electron chi connectivity index (χ4n) is 2.47. The van der Waals surface area contributed by atoms with Crippen molar-refractivity contribution < 1.29 is 0 Å². The molecule has 6 nitrogen and oxygen atoms in total. The largest absolute Gasteiger partial charge is 0.369 e. The molecule has 1 aromatic heterocycles. The Balaban J connectivity index is 0.00000161. The number of nitrogen functional groups attached to an aromatic ring is 1. The fraction of sp³-hybridized carbons (Fsp3) is 0.286. The van der Waals surface area contributed by atoms with E-state index in [-0.39, 0.29) is 35.5 Å². The molecule has 1 aromatic carbocycles. The molecule has 0 unspecified atom stereocenters. The summed E-state index contributed by atoms with van der Waals surface area (Å²) in [6.45, 7) is 3.39. The first kappa shape index (κ1) is 15.6. The number of H-pyrrole nitrogens is 1. The zero-order valence-electron chi connectivity index (χ0n) is 12.0. The van der Waals surface area contributed by atoms with Crippen LogP contribution in [0.15, 0.2) is 29.1 Å². The number of hydrogen-bond donors (Lipinski definition) is 2. The molecule has 0 bridgehead atoms. The first-order valence-electron chi connectivity index (χ1n) is 6.46. The summed E-state index contributed by atoms with van der Waals surface area (Å²) in [5.74, 6) is 0.798. The number of fused-ring (bicyclic) bond motifs is 1. The molecule has 1 aliphatic heterocycles. The summed E-state index contributed by atoms with van der Waals surface area (Å²) in [6, 6.07) is 8.33. The van der Waals surface area contributed by atoms with E-state index in [4.69, 9.17) is 5.73 Å². The number of nitrogens with one attached hydrogen (secondary N) is 1. The lowest BCUT2D eigenvalue weighted by molar-refractivity contribution is 0.807. The monoisotopic (exact) mass is 399 g/mol. The van der Waals surface area contributed by atoms with Gasteiger partial charge in [0.05, 0.1) is 6.67 Å². The molecule has 112 valence electrons. The van der Waals surface area contributed by atoms with Gasteiger partial charge in [0, 0.05) is 13.6 Å². The number of aromatic nitrogens is 2. The van der Waals surface area contributed by atoms with Gasteiger partial charge in [-0.2, -0.15) is 4.98 Å². The minimum atomic E-state index is -0.193. The molecular formula is C14H18IN5O. The number of nitrogens with zero attached hydrogens (tertiary/aromatic N) is 3. The number of hydrogen-bond acceptors (Lipinski definition) is 5. The van der Waals surface area contributed by atoms with Crippen LogP contribution >= 0.6 is 24.0 Å². The highest BCUT2D eigenvalue weighted by Gasteiger charge is 2.28. The van der Waals surface area contributed by atoms with E-state index < -0.39 is 0 Å². The van der Waals surface area contributed by atoms with Crippen molar-refractivity contribution in [3.8, 4) is 0 Å². The number of nitrogens with two attached hydrogens (primary N) is 1. The van der Waals surface area contributed by atoms with Crippen molar-refractivity contribution in [3.63, 3.8) is 0 Å². The van der Waals surface area contributed by atoms with Gasteiger partial charge in [0.1, 0.15) is 5.69 Å². The van der Waals surface area contributed by atoms with Crippen LogP contribution in [0, 0.1) is 6.92 Å². The molecule has 0 fully saturated rings. The third-order valence-electron chi connectivity index (χ3n) is 3.45. The Kier molecular flexibility index (Phi) is 4.40. The Bertz CT molecular complexity index is 698. The van der Waals surface area contributed by atoms with E-state index in [1.54, 1.807) is 0 Å². The van der Waals surface area contributed by atoms with Gasteiger partial charge in [-0.3, -0.25) is 9.78 Å². The number of anilines is 3. The lowest BCUT2D eigenvalue weighted by Gasteiger charge is -2.18. The van der Waals surface area contributed by atoms with E-state index in [1.807, 2.05) is 16.8 Å². The van der Waals surface area contributed by atoms with Crippen molar-refractivity contribution in [2.24, 2.45) is 0 Å². The van der Waals surface area contributed by atoms with Gasteiger partial charge in [-0.05, 0) is 12.5 Å².